The molecular formula is C24H24F2N4O2S. The molecule has 2 aromatic carbocycles. The predicted octanol–water partition coefficient (Wildman–Crippen LogP) is 5.10. The number of allylic oxidation sites excluding steroid dienone is 1. The van der Waals surface area contributed by atoms with E-state index in [-0.39, 0.29) is 11.6 Å². The van der Waals surface area contributed by atoms with E-state index in [1.807, 2.05) is 18.7 Å². The Balaban J connectivity index is 1.73. The molecule has 0 spiro atoms. The molecule has 0 bridgehead atoms. The van der Waals surface area contributed by atoms with Gasteiger partial charge in [0.15, 0.2) is 5.11 Å². The summed E-state index contributed by atoms with van der Waals surface area (Å²) in [5.74, 6) is -0.0106. The average molecular weight is 471 g/mol. The molecule has 2 heterocycles. The Hall–Kier alpha value is -3.17. The van der Waals surface area contributed by atoms with Crippen LogP contribution in [0.4, 0.5) is 8.78 Å². The first kappa shape index (κ1) is 23.0. The second-order valence-electron chi connectivity index (χ2n) is 7.57. The van der Waals surface area contributed by atoms with Crippen molar-refractivity contribution in [2.24, 2.45) is 0 Å². The highest BCUT2D eigenvalue weighted by atomic mass is 32.1. The summed E-state index contributed by atoms with van der Waals surface area (Å²) in [7, 11) is 0. The summed E-state index contributed by atoms with van der Waals surface area (Å²) in [6, 6.07) is 11.7. The molecule has 0 saturated heterocycles. The van der Waals surface area contributed by atoms with Crippen LogP contribution in [0.1, 0.15) is 37.8 Å². The minimum absolute atomic E-state index is 0.311. The second kappa shape index (κ2) is 10.2. The molecule has 1 aromatic heterocycles. The van der Waals surface area contributed by atoms with Gasteiger partial charge in [-0.1, -0.05) is 17.3 Å². The molecule has 0 radical (unpaired) electrons. The van der Waals surface area contributed by atoms with Crippen LogP contribution in [0.15, 0.2) is 58.8 Å². The zero-order valence-corrected chi connectivity index (χ0v) is 19.2. The van der Waals surface area contributed by atoms with Gasteiger partial charge in [-0.3, -0.25) is 0 Å². The summed E-state index contributed by atoms with van der Waals surface area (Å²) in [5, 5.41) is 7.99. The molecule has 9 heteroatoms. The van der Waals surface area contributed by atoms with Crippen LogP contribution in [-0.4, -0.2) is 39.9 Å². The molecule has 172 valence electrons. The third-order valence-electron chi connectivity index (χ3n) is 5.43. The standard InChI is InChI=1S/C24H24F2N4O2S/c1-3-31-14-4-13-30-15(2)20(21(27-24(30)33)16-5-9-18(25)10-6-16)23-28-22(29-32-23)17-7-11-19(26)12-8-17/h5-12,21H,3-4,13-14H2,1-2H3,(H,27,33). The zero-order valence-electron chi connectivity index (χ0n) is 18.3. The van der Waals surface area contributed by atoms with Gasteiger partial charge in [0.05, 0.1) is 11.6 Å². The quantitative estimate of drug-likeness (QED) is 0.363. The normalized spacial score (nSPS) is 16.3. The molecule has 33 heavy (non-hydrogen) atoms. The molecule has 1 unspecified atom stereocenters. The number of rotatable bonds is 8. The molecule has 4 rings (SSSR count). The lowest BCUT2D eigenvalue weighted by molar-refractivity contribution is 0.141. The van der Waals surface area contributed by atoms with Gasteiger partial charge in [-0.05, 0) is 74.4 Å². The lowest BCUT2D eigenvalue weighted by atomic mass is 9.94. The van der Waals surface area contributed by atoms with Crippen molar-refractivity contribution >= 4 is 22.9 Å². The number of halogens is 2. The van der Waals surface area contributed by atoms with Crippen LogP contribution in [0.3, 0.4) is 0 Å². The summed E-state index contributed by atoms with van der Waals surface area (Å²) in [5.41, 5.74) is 3.05. The van der Waals surface area contributed by atoms with Crippen LogP contribution in [0.2, 0.25) is 0 Å². The topological polar surface area (TPSA) is 63.4 Å². The summed E-state index contributed by atoms with van der Waals surface area (Å²) in [6.45, 7) is 5.83. The lowest BCUT2D eigenvalue weighted by Gasteiger charge is -2.37. The summed E-state index contributed by atoms with van der Waals surface area (Å²) in [4.78, 5) is 6.56. The fourth-order valence-electron chi connectivity index (χ4n) is 3.75. The molecule has 1 aliphatic rings. The van der Waals surface area contributed by atoms with Crippen molar-refractivity contribution < 1.29 is 18.0 Å². The average Bonchev–Trinajstić information content (AvgIpc) is 3.29. The number of nitrogens with zero attached hydrogens (tertiary/aromatic N) is 3. The minimum Gasteiger partial charge on any atom is -0.382 e. The van der Waals surface area contributed by atoms with E-state index in [1.54, 1.807) is 24.3 Å². The first-order chi connectivity index (χ1) is 16.0. The van der Waals surface area contributed by atoms with E-state index in [2.05, 4.69) is 15.5 Å². The zero-order chi connectivity index (χ0) is 23.4. The summed E-state index contributed by atoms with van der Waals surface area (Å²) in [6.07, 6.45) is 0.784. The van der Waals surface area contributed by atoms with Gasteiger partial charge in [0.1, 0.15) is 11.6 Å². The van der Waals surface area contributed by atoms with Crippen molar-refractivity contribution in [1.82, 2.24) is 20.4 Å². The van der Waals surface area contributed by atoms with Gasteiger partial charge in [0, 0.05) is 31.0 Å². The Labute approximate surface area is 196 Å². The molecule has 3 aromatic rings. The highest BCUT2D eigenvalue weighted by molar-refractivity contribution is 7.80. The van der Waals surface area contributed by atoms with Crippen LogP contribution >= 0.6 is 12.2 Å². The van der Waals surface area contributed by atoms with E-state index in [1.165, 1.54) is 24.3 Å². The van der Waals surface area contributed by atoms with Crippen molar-refractivity contribution in [3.8, 4) is 11.4 Å². The number of ether oxygens (including phenoxy) is 1. The van der Waals surface area contributed by atoms with Gasteiger partial charge in [0.2, 0.25) is 5.82 Å². The van der Waals surface area contributed by atoms with Crippen molar-refractivity contribution in [2.45, 2.75) is 26.3 Å². The van der Waals surface area contributed by atoms with Crippen molar-refractivity contribution in [3.63, 3.8) is 0 Å². The number of hydrogen-bond donors (Lipinski definition) is 1. The van der Waals surface area contributed by atoms with E-state index in [4.69, 9.17) is 21.5 Å². The van der Waals surface area contributed by atoms with Crippen LogP contribution in [-0.2, 0) is 4.74 Å². The SMILES string of the molecule is CCOCCCN1C(=S)NC(c2ccc(F)cc2)C(c2nc(-c3ccc(F)cc3)no2)=C1C. The Bertz CT molecular complexity index is 1150. The number of benzene rings is 2. The molecule has 0 amide bonds. The van der Waals surface area contributed by atoms with E-state index < -0.39 is 6.04 Å². The molecule has 1 N–H and O–H groups in total. The van der Waals surface area contributed by atoms with Gasteiger partial charge < -0.3 is 19.5 Å². The third kappa shape index (κ3) is 5.09. The Morgan fingerprint density at radius 3 is 2.42 bits per heavy atom. The maximum Gasteiger partial charge on any atom is 0.258 e. The fraction of sp³-hybridized carbons (Fsp3) is 0.292. The molecule has 6 nitrogen and oxygen atoms in total. The largest absolute Gasteiger partial charge is 0.382 e. The van der Waals surface area contributed by atoms with Crippen LogP contribution in [0.5, 0.6) is 0 Å². The number of thiocarbonyl (C=S) groups is 1. The van der Waals surface area contributed by atoms with Gasteiger partial charge in [-0.15, -0.1) is 0 Å². The second-order valence-corrected chi connectivity index (χ2v) is 7.95. The number of hydrogen-bond acceptors (Lipinski definition) is 5. The van der Waals surface area contributed by atoms with Gasteiger partial charge in [-0.25, -0.2) is 8.78 Å². The maximum absolute atomic E-state index is 13.6. The van der Waals surface area contributed by atoms with E-state index in [0.717, 1.165) is 23.3 Å². The van der Waals surface area contributed by atoms with Gasteiger partial charge >= 0.3 is 0 Å². The Kier molecular flexibility index (Phi) is 7.10. The van der Waals surface area contributed by atoms with Gasteiger partial charge in [-0.2, -0.15) is 4.98 Å². The highest BCUT2D eigenvalue weighted by Crippen LogP contribution is 2.37. The maximum atomic E-state index is 13.6. The predicted molar refractivity (Wildman–Crippen MR) is 125 cm³/mol. The number of aromatic nitrogens is 2. The monoisotopic (exact) mass is 470 g/mol. The van der Waals surface area contributed by atoms with Crippen LogP contribution < -0.4 is 5.32 Å². The van der Waals surface area contributed by atoms with E-state index in [9.17, 15) is 8.78 Å². The van der Waals surface area contributed by atoms with E-state index >= 15 is 0 Å². The molecule has 1 aliphatic heterocycles. The first-order valence-electron chi connectivity index (χ1n) is 10.7. The van der Waals surface area contributed by atoms with Crippen LogP contribution in [0.25, 0.3) is 17.0 Å². The highest BCUT2D eigenvalue weighted by Gasteiger charge is 2.34. The molecule has 0 saturated carbocycles. The molecule has 1 atom stereocenters. The van der Waals surface area contributed by atoms with Crippen LogP contribution in [0, 0.1) is 11.6 Å². The Morgan fingerprint density at radius 1 is 1.09 bits per heavy atom. The number of nitrogens with one attached hydrogen (secondary N) is 1. The third-order valence-corrected chi connectivity index (χ3v) is 5.77. The summed E-state index contributed by atoms with van der Waals surface area (Å²) < 4.78 is 38.0. The smallest absolute Gasteiger partial charge is 0.258 e. The fourth-order valence-corrected chi connectivity index (χ4v) is 4.10. The van der Waals surface area contributed by atoms with Crippen molar-refractivity contribution in [1.29, 1.82) is 0 Å². The molecule has 0 fully saturated rings. The van der Waals surface area contributed by atoms with Gasteiger partial charge in [0.25, 0.3) is 5.89 Å². The van der Waals surface area contributed by atoms with E-state index in [0.29, 0.717) is 42.1 Å². The van der Waals surface area contributed by atoms with Crippen molar-refractivity contribution in [3.05, 3.63) is 77.3 Å². The van der Waals surface area contributed by atoms with Crippen molar-refractivity contribution in [2.75, 3.05) is 19.8 Å². The lowest BCUT2D eigenvalue weighted by Crippen LogP contribution is -2.46. The molecular weight excluding hydrogens is 446 g/mol. The molecule has 0 aliphatic carbocycles. The minimum atomic E-state index is -0.400. The first-order valence-corrected chi connectivity index (χ1v) is 11.1. The Morgan fingerprint density at radius 2 is 1.76 bits per heavy atom. The summed E-state index contributed by atoms with van der Waals surface area (Å²) >= 11 is 5.65.